The van der Waals surface area contributed by atoms with Gasteiger partial charge in [0.1, 0.15) is 12.4 Å². The predicted octanol–water partition coefficient (Wildman–Crippen LogP) is 6.17. The van der Waals surface area contributed by atoms with Gasteiger partial charge < -0.3 is 14.3 Å². The summed E-state index contributed by atoms with van der Waals surface area (Å²) in [5.41, 5.74) is 6.82. The summed E-state index contributed by atoms with van der Waals surface area (Å²) in [7, 11) is -1.74. The molecule has 2 rings (SSSR count). The van der Waals surface area contributed by atoms with Gasteiger partial charge in [0.15, 0.2) is 8.32 Å². The van der Waals surface area contributed by atoms with E-state index >= 15 is 0 Å². The molecule has 0 unspecified atom stereocenters. The molecule has 4 heteroatoms. The molecule has 0 aliphatic heterocycles. The fourth-order valence-corrected chi connectivity index (χ4v) is 4.08. The molecule has 0 amide bonds. The van der Waals surface area contributed by atoms with Gasteiger partial charge in [-0.3, -0.25) is 0 Å². The number of hydrogen-bond donors (Lipinski definition) is 1. The molecule has 0 atom stereocenters. The summed E-state index contributed by atoms with van der Waals surface area (Å²) >= 11 is 0. The Bertz CT molecular complexity index is 819. The number of hydrogen-bond acceptors (Lipinski definition) is 3. The Balaban J connectivity index is 2.13. The third kappa shape index (κ3) is 4.86. The molecule has 0 heterocycles. The molecule has 0 aliphatic rings. The number of benzene rings is 2. The average molecular weight is 401 g/mol. The van der Waals surface area contributed by atoms with Crippen molar-refractivity contribution in [1.82, 2.24) is 0 Å². The van der Waals surface area contributed by atoms with Crippen molar-refractivity contribution in [2.75, 3.05) is 13.2 Å². The molecule has 0 radical (unpaired) electrons. The maximum absolute atomic E-state index is 9.56. The molecule has 0 saturated heterocycles. The fourth-order valence-electron chi connectivity index (χ4n) is 3.06. The molecule has 0 aliphatic carbocycles. The summed E-state index contributed by atoms with van der Waals surface area (Å²) in [5, 5.41) is 9.77. The molecular formula is C24H36O3Si. The van der Waals surface area contributed by atoms with Crippen molar-refractivity contribution in [2.24, 2.45) is 0 Å². The van der Waals surface area contributed by atoms with Crippen LogP contribution in [0.1, 0.15) is 43.0 Å². The van der Waals surface area contributed by atoms with Gasteiger partial charge in [-0.1, -0.05) is 45.0 Å². The summed E-state index contributed by atoms with van der Waals surface area (Å²) in [5.74, 6) is 0.913. The molecule has 0 bridgehead atoms. The molecule has 1 N–H and O–H groups in total. The minimum absolute atomic E-state index is 0.0626. The molecule has 0 saturated carbocycles. The highest BCUT2D eigenvalue weighted by molar-refractivity contribution is 6.74. The Labute approximate surface area is 171 Å². The van der Waals surface area contributed by atoms with Crippen molar-refractivity contribution in [3.8, 4) is 16.9 Å². The van der Waals surface area contributed by atoms with Crippen LogP contribution in [0, 0.1) is 20.8 Å². The number of ether oxygens (including phenoxy) is 1. The van der Waals surface area contributed by atoms with Gasteiger partial charge in [-0.15, -0.1) is 0 Å². The summed E-state index contributed by atoms with van der Waals surface area (Å²) < 4.78 is 12.3. The van der Waals surface area contributed by atoms with E-state index in [0.29, 0.717) is 13.2 Å². The van der Waals surface area contributed by atoms with Gasteiger partial charge >= 0.3 is 0 Å². The Morgan fingerprint density at radius 2 is 1.50 bits per heavy atom. The van der Waals surface area contributed by atoms with Crippen LogP contribution in [0.2, 0.25) is 18.1 Å². The lowest BCUT2D eigenvalue weighted by molar-refractivity contribution is 0.203. The second kappa shape index (κ2) is 8.81. The van der Waals surface area contributed by atoms with Crippen LogP contribution >= 0.6 is 0 Å². The molecule has 28 heavy (non-hydrogen) atoms. The fraction of sp³-hybridized carbons (Fsp3) is 0.500. The van der Waals surface area contributed by atoms with Crippen LogP contribution in [0.4, 0.5) is 0 Å². The van der Waals surface area contributed by atoms with Crippen molar-refractivity contribution < 1.29 is 14.3 Å². The van der Waals surface area contributed by atoms with E-state index < -0.39 is 8.32 Å². The van der Waals surface area contributed by atoms with Gasteiger partial charge in [-0.2, -0.15) is 0 Å². The monoisotopic (exact) mass is 400 g/mol. The number of aliphatic hydroxyl groups is 1. The van der Waals surface area contributed by atoms with Crippen molar-refractivity contribution in [1.29, 1.82) is 0 Å². The molecule has 3 nitrogen and oxygen atoms in total. The molecule has 0 spiro atoms. The number of aliphatic hydroxyl groups excluding tert-OH is 1. The molecule has 2 aromatic carbocycles. The first kappa shape index (κ1) is 22.7. The largest absolute Gasteiger partial charge is 0.491 e. The highest BCUT2D eigenvalue weighted by atomic mass is 28.4. The van der Waals surface area contributed by atoms with Gasteiger partial charge in [-0.05, 0) is 78.4 Å². The van der Waals surface area contributed by atoms with Crippen LogP contribution < -0.4 is 4.74 Å². The predicted molar refractivity (Wildman–Crippen MR) is 121 cm³/mol. The third-order valence-electron chi connectivity index (χ3n) is 6.25. The Kier molecular flexibility index (Phi) is 7.13. The topological polar surface area (TPSA) is 38.7 Å². The highest BCUT2D eigenvalue weighted by Crippen LogP contribution is 2.37. The van der Waals surface area contributed by atoms with Gasteiger partial charge in [-0.25, -0.2) is 0 Å². The van der Waals surface area contributed by atoms with E-state index in [0.717, 1.165) is 22.4 Å². The second-order valence-electron chi connectivity index (χ2n) is 9.07. The zero-order chi connectivity index (χ0) is 21.1. The van der Waals surface area contributed by atoms with Gasteiger partial charge in [0.2, 0.25) is 0 Å². The average Bonchev–Trinajstić information content (AvgIpc) is 2.62. The van der Waals surface area contributed by atoms with Gasteiger partial charge in [0.25, 0.3) is 0 Å². The van der Waals surface area contributed by atoms with Crippen molar-refractivity contribution in [3.63, 3.8) is 0 Å². The van der Waals surface area contributed by atoms with Gasteiger partial charge in [0, 0.05) is 0 Å². The SMILES string of the molecule is Cc1c(CO)cccc1-c1ccc(OCCO[Si](C)(C)C(C)(C)C)c(C)c1C. The van der Waals surface area contributed by atoms with Crippen LogP contribution in [-0.4, -0.2) is 26.6 Å². The van der Waals surface area contributed by atoms with E-state index in [4.69, 9.17) is 9.16 Å². The van der Waals surface area contributed by atoms with Crippen molar-refractivity contribution in [3.05, 3.63) is 52.6 Å². The van der Waals surface area contributed by atoms with Crippen LogP contribution in [0.15, 0.2) is 30.3 Å². The van der Waals surface area contributed by atoms with Crippen LogP contribution in [0.5, 0.6) is 5.75 Å². The quantitative estimate of drug-likeness (QED) is 0.446. The zero-order valence-corrected chi connectivity index (χ0v) is 19.8. The first-order chi connectivity index (χ1) is 13.0. The molecular weight excluding hydrogens is 364 g/mol. The molecule has 0 fully saturated rings. The highest BCUT2D eigenvalue weighted by Gasteiger charge is 2.36. The first-order valence-corrected chi connectivity index (χ1v) is 13.0. The summed E-state index contributed by atoms with van der Waals surface area (Å²) in [6.45, 7) is 18.8. The van der Waals surface area contributed by atoms with E-state index in [2.05, 4.69) is 72.8 Å². The molecule has 2 aromatic rings. The standard InChI is InChI=1S/C24H36O3Si/c1-17-18(2)23(26-14-15-27-28(7,8)24(4,5)6)13-12-22(17)21-11-9-10-20(16-25)19(21)3/h9-13,25H,14-16H2,1-8H3. The Morgan fingerprint density at radius 1 is 0.857 bits per heavy atom. The number of rotatable bonds is 7. The maximum Gasteiger partial charge on any atom is 0.192 e. The lowest BCUT2D eigenvalue weighted by atomic mass is 9.91. The maximum atomic E-state index is 9.56. The van der Waals surface area contributed by atoms with Crippen molar-refractivity contribution in [2.45, 2.75) is 66.3 Å². The smallest absolute Gasteiger partial charge is 0.192 e. The molecule has 154 valence electrons. The van der Waals surface area contributed by atoms with Crippen molar-refractivity contribution >= 4 is 8.32 Å². The first-order valence-electron chi connectivity index (χ1n) is 10.1. The Morgan fingerprint density at radius 3 is 2.11 bits per heavy atom. The second-order valence-corrected chi connectivity index (χ2v) is 13.9. The normalized spacial score (nSPS) is 12.3. The summed E-state index contributed by atoms with van der Waals surface area (Å²) in [6, 6.07) is 10.3. The van der Waals surface area contributed by atoms with Crippen LogP contribution in [-0.2, 0) is 11.0 Å². The lowest BCUT2D eigenvalue weighted by Crippen LogP contribution is -2.41. The Hall–Kier alpha value is -1.62. The van der Waals surface area contributed by atoms with Crippen LogP contribution in [0.25, 0.3) is 11.1 Å². The van der Waals surface area contributed by atoms with E-state index in [1.165, 1.54) is 16.7 Å². The third-order valence-corrected chi connectivity index (χ3v) is 10.8. The minimum atomic E-state index is -1.74. The minimum Gasteiger partial charge on any atom is -0.491 e. The van der Waals surface area contributed by atoms with E-state index in [1.54, 1.807) is 0 Å². The van der Waals surface area contributed by atoms with E-state index in [1.807, 2.05) is 12.1 Å². The molecule has 0 aromatic heterocycles. The van der Waals surface area contributed by atoms with E-state index in [-0.39, 0.29) is 11.6 Å². The van der Waals surface area contributed by atoms with Crippen LogP contribution in [0.3, 0.4) is 0 Å². The van der Waals surface area contributed by atoms with E-state index in [9.17, 15) is 5.11 Å². The summed E-state index contributed by atoms with van der Waals surface area (Å²) in [6.07, 6.45) is 0. The zero-order valence-electron chi connectivity index (χ0n) is 18.8. The van der Waals surface area contributed by atoms with Gasteiger partial charge in [0.05, 0.1) is 13.2 Å². The summed E-state index contributed by atoms with van der Waals surface area (Å²) in [4.78, 5) is 0. The lowest BCUT2D eigenvalue weighted by Gasteiger charge is -2.36.